The molecular formula is C26H28N2O3. The maximum absolute atomic E-state index is 13.2. The van der Waals surface area contributed by atoms with Crippen LogP contribution in [0.3, 0.4) is 0 Å². The van der Waals surface area contributed by atoms with E-state index < -0.39 is 0 Å². The highest BCUT2D eigenvalue weighted by Gasteiger charge is 2.32. The molecule has 0 aromatic heterocycles. The first-order valence-electron chi connectivity index (χ1n) is 10.7. The van der Waals surface area contributed by atoms with Crippen molar-refractivity contribution in [1.82, 2.24) is 4.90 Å². The van der Waals surface area contributed by atoms with Crippen molar-refractivity contribution in [3.63, 3.8) is 0 Å². The van der Waals surface area contributed by atoms with Gasteiger partial charge in [-0.15, -0.1) is 0 Å². The molecule has 1 aliphatic heterocycles. The fourth-order valence-corrected chi connectivity index (χ4v) is 3.84. The zero-order valence-electron chi connectivity index (χ0n) is 17.8. The lowest BCUT2D eigenvalue weighted by Gasteiger charge is -2.38. The average Bonchev–Trinajstić information content (AvgIpc) is 2.82. The van der Waals surface area contributed by atoms with E-state index in [-0.39, 0.29) is 12.1 Å². The third-order valence-corrected chi connectivity index (χ3v) is 5.47. The molecule has 3 aromatic rings. The first-order valence-corrected chi connectivity index (χ1v) is 10.7. The Morgan fingerprint density at radius 1 is 0.903 bits per heavy atom. The molecule has 0 bridgehead atoms. The van der Waals surface area contributed by atoms with Gasteiger partial charge in [0, 0.05) is 32.4 Å². The van der Waals surface area contributed by atoms with E-state index in [1.54, 1.807) is 7.11 Å². The van der Waals surface area contributed by atoms with Crippen LogP contribution in [0.25, 0.3) is 0 Å². The van der Waals surface area contributed by atoms with E-state index >= 15 is 0 Å². The summed E-state index contributed by atoms with van der Waals surface area (Å²) in [5.74, 6) is 0.867. The van der Waals surface area contributed by atoms with Crippen molar-refractivity contribution in [2.75, 3.05) is 32.2 Å². The summed E-state index contributed by atoms with van der Waals surface area (Å²) in [6.07, 6.45) is 1.42. The SMILES string of the molecule is COCCCN1C(=O)c2ccccc2NC1c1ccc(OCCc2ccccc2)cc1. The highest BCUT2D eigenvalue weighted by Crippen LogP contribution is 2.33. The summed E-state index contributed by atoms with van der Waals surface area (Å²) >= 11 is 0. The van der Waals surface area contributed by atoms with Crippen LogP contribution in [0.1, 0.15) is 34.1 Å². The van der Waals surface area contributed by atoms with Crippen LogP contribution < -0.4 is 10.1 Å². The summed E-state index contributed by atoms with van der Waals surface area (Å²) in [5.41, 5.74) is 3.85. The number of benzene rings is 3. The molecule has 0 saturated carbocycles. The van der Waals surface area contributed by atoms with Gasteiger partial charge in [0.15, 0.2) is 0 Å². The number of methoxy groups -OCH3 is 1. The summed E-state index contributed by atoms with van der Waals surface area (Å²) in [6.45, 7) is 1.86. The maximum atomic E-state index is 13.2. The third kappa shape index (κ3) is 5.06. The highest BCUT2D eigenvalue weighted by atomic mass is 16.5. The molecule has 160 valence electrons. The van der Waals surface area contributed by atoms with E-state index in [1.807, 2.05) is 71.6 Å². The summed E-state index contributed by atoms with van der Waals surface area (Å²) in [6, 6.07) is 26.0. The number of ether oxygens (including phenoxy) is 2. The molecule has 5 nitrogen and oxygen atoms in total. The van der Waals surface area contributed by atoms with Gasteiger partial charge in [-0.1, -0.05) is 54.6 Å². The number of fused-ring (bicyclic) bond motifs is 1. The largest absolute Gasteiger partial charge is 0.493 e. The lowest BCUT2D eigenvalue weighted by molar-refractivity contribution is 0.0660. The number of hydrogen-bond donors (Lipinski definition) is 1. The molecule has 1 amide bonds. The molecule has 31 heavy (non-hydrogen) atoms. The van der Waals surface area contributed by atoms with Gasteiger partial charge in [0.2, 0.25) is 0 Å². The van der Waals surface area contributed by atoms with E-state index in [0.717, 1.165) is 29.8 Å². The number of amides is 1. The molecule has 1 heterocycles. The van der Waals surface area contributed by atoms with Crippen molar-refractivity contribution < 1.29 is 14.3 Å². The summed E-state index contributed by atoms with van der Waals surface area (Å²) in [7, 11) is 1.68. The Morgan fingerprint density at radius 2 is 1.65 bits per heavy atom. The highest BCUT2D eigenvalue weighted by molar-refractivity contribution is 6.01. The van der Waals surface area contributed by atoms with Gasteiger partial charge in [0.25, 0.3) is 5.91 Å². The van der Waals surface area contributed by atoms with Crippen molar-refractivity contribution >= 4 is 11.6 Å². The van der Waals surface area contributed by atoms with Gasteiger partial charge in [-0.2, -0.15) is 0 Å². The van der Waals surface area contributed by atoms with Gasteiger partial charge < -0.3 is 19.7 Å². The van der Waals surface area contributed by atoms with Crippen molar-refractivity contribution in [1.29, 1.82) is 0 Å². The molecule has 3 aromatic carbocycles. The van der Waals surface area contributed by atoms with Gasteiger partial charge in [0.05, 0.1) is 12.2 Å². The average molecular weight is 417 g/mol. The molecule has 5 heteroatoms. The molecule has 1 unspecified atom stereocenters. The molecule has 0 fully saturated rings. The standard InChI is InChI=1S/C26H28N2O3/c1-30-18-7-17-28-25(27-24-11-6-5-10-23(24)26(28)29)21-12-14-22(15-13-21)31-19-16-20-8-3-2-4-9-20/h2-6,8-15,25,27H,7,16-19H2,1H3. The first kappa shape index (κ1) is 20.9. The Hall–Kier alpha value is -3.31. The minimum absolute atomic E-state index is 0.0404. The number of carbonyl (C=O) groups is 1. The Labute approximate surface area is 183 Å². The molecule has 0 aliphatic carbocycles. The van der Waals surface area contributed by atoms with Gasteiger partial charge >= 0.3 is 0 Å². The normalized spacial score (nSPS) is 15.3. The number of nitrogens with zero attached hydrogens (tertiary/aromatic N) is 1. The second kappa shape index (κ2) is 10.1. The molecular weight excluding hydrogens is 388 g/mol. The fourth-order valence-electron chi connectivity index (χ4n) is 3.84. The van der Waals surface area contributed by atoms with E-state index in [2.05, 4.69) is 17.4 Å². The van der Waals surface area contributed by atoms with E-state index in [9.17, 15) is 4.79 Å². The van der Waals surface area contributed by atoms with E-state index in [0.29, 0.717) is 25.3 Å². The number of carbonyl (C=O) groups excluding carboxylic acids is 1. The summed E-state index contributed by atoms with van der Waals surface area (Å²) in [4.78, 5) is 15.0. The molecule has 4 rings (SSSR count). The van der Waals surface area contributed by atoms with Gasteiger partial charge in [-0.3, -0.25) is 4.79 Å². The molecule has 1 atom stereocenters. The van der Waals surface area contributed by atoms with Crippen molar-refractivity contribution in [3.8, 4) is 5.75 Å². The Morgan fingerprint density at radius 3 is 2.42 bits per heavy atom. The number of para-hydroxylation sites is 1. The molecule has 0 spiro atoms. The predicted octanol–water partition coefficient (Wildman–Crippen LogP) is 4.91. The lowest BCUT2D eigenvalue weighted by Crippen LogP contribution is -2.43. The monoisotopic (exact) mass is 416 g/mol. The van der Waals surface area contributed by atoms with Crippen molar-refractivity contribution in [2.45, 2.75) is 19.0 Å². The second-order valence-electron chi connectivity index (χ2n) is 7.59. The van der Waals surface area contributed by atoms with Gasteiger partial charge in [-0.05, 0) is 41.8 Å². The van der Waals surface area contributed by atoms with Crippen LogP contribution in [0.5, 0.6) is 5.75 Å². The minimum Gasteiger partial charge on any atom is -0.493 e. The number of hydrogen-bond acceptors (Lipinski definition) is 4. The first-order chi connectivity index (χ1) is 15.3. The number of anilines is 1. The molecule has 1 aliphatic rings. The van der Waals surface area contributed by atoms with Crippen molar-refractivity contribution in [3.05, 3.63) is 95.6 Å². The van der Waals surface area contributed by atoms with Crippen LogP contribution in [0.2, 0.25) is 0 Å². The second-order valence-corrected chi connectivity index (χ2v) is 7.59. The third-order valence-electron chi connectivity index (χ3n) is 5.47. The maximum Gasteiger partial charge on any atom is 0.257 e. The van der Waals surface area contributed by atoms with Crippen LogP contribution in [-0.2, 0) is 11.2 Å². The van der Waals surface area contributed by atoms with Crippen LogP contribution in [0.4, 0.5) is 5.69 Å². The topological polar surface area (TPSA) is 50.8 Å². The zero-order chi connectivity index (χ0) is 21.5. The molecule has 1 N–H and O–H groups in total. The molecule has 0 radical (unpaired) electrons. The van der Waals surface area contributed by atoms with Crippen LogP contribution in [0, 0.1) is 0 Å². The summed E-state index contributed by atoms with van der Waals surface area (Å²) < 4.78 is 11.1. The Balaban J connectivity index is 1.46. The smallest absolute Gasteiger partial charge is 0.257 e. The van der Waals surface area contributed by atoms with E-state index in [1.165, 1.54) is 5.56 Å². The van der Waals surface area contributed by atoms with Gasteiger partial charge in [0.1, 0.15) is 11.9 Å². The Bertz CT molecular complexity index is 989. The number of rotatable bonds is 9. The quantitative estimate of drug-likeness (QED) is 0.504. The lowest BCUT2D eigenvalue weighted by atomic mass is 10.0. The predicted molar refractivity (Wildman–Crippen MR) is 122 cm³/mol. The van der Waals surface area contributed by atoms with E-state index in [4.69, 9.17) is 9.47 Å². The molecule has 0 saturated heterocycles. The van der Waals surface area contributed by atoms with Crippen LogP contribution in [-0.4, -0.2) is 37.7 Å². The van der Waals surface area contributed by atoms with Crippen LogP contribution in [0.15, 0.2) is 78.9 Å². The zero-order valence-corrected chi connectivity index (χ0v) is 17.8. The number of nitrogens with one attached hydrogen (secondary N) is 1. The van der Waals surface area contributed by atoms with Crippen LogP contribution >= 0.6 is 0 Å². The van der Waals surface area contributed by atoms with Crippen molar-refractivity contribution in [2.24, 2.45) is 0 Å². The Kier molecular flexibility index (Phi) is 6.85. The van der Waals surface area contributed by atoms with Gasteiger partial charge in [-0.25, -0.2) is 0 Å². The minimum atomic E-state index is -0.224. The fraction of sp³-hybridized carbons (Fsp3) is 0.269. The summed E-state index contributed by atoms with van der Waals surface area (Å²) in [5, 5.41) is 3.53.